The maximum atomic E-state index is 12.0. The van der Waals surface area contributed by atoms with Gasteiger partial charge >= 0.3 is 5.97 Å². The average molecular weight is 269 g/mol. The van der Waals surface area contributed by atoms with E-state index in [1.165, 1.54) is 11.3 Å². The van der Waals surface area contributed by atoms with E-state index >= 15 is 0 Å². The minimum absolute atomic E-state index is 0.0823. The molecule has 5 heteroatoms. The second-order valence-electron chi connectivity index (χ2n) is 4.49. The molecule has 0 aromatic carbocycles. The molecule has 2 N–H and O–H groups in total. The number of nitrogens with one attached hydrogen (secondary N) is 1. The van der Waals surface area contributed by atoms with Crippen LogP contribution in [0.25, 0.3) is 0 Å². The van der Waals surface area contributed by atoms with Crippen molar-refractivity contribution in [3.8, 4) is 0 Å². The van der Waals surface area contributed by atoms with Crippen LogP contribution in [-0.4, -0.2) is 23.0 Å². The van der Waals surface area contributed by atoms with Gasteiger partial charge in [-0.3, -0.25) is 4.79 Å². The summed E-state index contributed by atoms with van der Waals surface area (Å²) in [5.41, 5.74) is 0.922. The van der Waals surface area contributed by atoms with E-state index < -0.39 is 12.0 Å². The fraction of sp³-hybridized carbons (Fsp3) is 0.538. The van der Waals surface area contributed by atoms with Crippen molar-refractivity contribution >= 4 is 23.2 Å². The second-order valence-corrected chi connectivity index (χ2v) is 5.27. The molecule has 0 saturated carbocycles. The van der Waals surface area contributed by atoms with E-state index in [9.17, 15) is 9.59 Å². The maximum Gasteiger partial charge on any atom is 0.326 e. The van der Waals surface area contributed by atoms with Gasteiger partial charge in [-0.15, -0.1) is 0 Å². The van der Waals surface area contributed by atoms with Gasteiger partial charge in [-0.2, -0.15) is 11.3 Å². The Balaban J connectivity index is 2.70. The Bertz CT molecular complexity index is 402. The lowest BCUT2D eigenvalue weighted by Crippen LogP contribution is -2.46. The molecule has 1 aromatic rings. The lowest BCUT2D eigenvalue weighted by atomic mass is 9.97. The maximum absolute atomic E-state index is 12.0. The topological polar surface area (TPSA) is 66.4 Å². The molecule has 0 spiro atoms. The van der Waals surface area contributed by atoms with Gasteiger partial charge in [-0.1, -0.05) is 20.3 Å². The number of thiophene rings is 1. The number of aliphatic carboxylic acids is 1. The molecule has 0 bridgehead atoms. The smallest absolute Gasteiger partial charge is 0.326 e. The number of carbonyl (C=O) groups excluding carboxylic acids is 1. The van der Waals surface area contributed by atoms with Gasteiger partial charge in [0.1, 0.15) is 6.04 Å². The number of hydrogen-bond donors (Lipinski definition) is 2. The highest BCUT2D eigenvalue weighted by Gasteiger charge is 2.27. The Labute approximate surface area is 111 Å². The lowest BCUT2D eigenvalue weighted by Gasteiger charge is -2.22. The molecule has 0 aliphatic heterocycles. The number of carboxylic acids is 1. The molecule has 100 valence electrons. The second kappa shape index (κ2) is 6.54. The molecule has 3 atom stereocenters. The molecule has 1 amide bonds. The van der Waals surface area contributed by atoms with Crippen LogP contribution in [0.15, 0.2) is 16.8 Å². The van der Waals surface area contributed by atoms with Gasteiger partial charge in [0.05, 0.1) is 5.92 Å². The molecule has 0 saturated heterocycles. The summed E-state index contributed by atoms with van der Waals surface area (Å²) in [4.78, 5) is 23.1. The van der Waals surface area contributed by atoms with Crippen LogP contribution in [-0.2, 0) is 9.59 Å². The minimum atomic E-state index is -0.977. The van der Waals surface area contributed by atoms with E-state index in [4.69, 9.17) is 5.11 Å². The molecule has 1 rings (SSSR count). The van der Waals surface area contributed by atoms with Crippen LogP contribution >= 0.6 is 11.3 Å². The SMILES string of the molecule is CC[C@H](C)[C@H](NC(=O)[C@@H](C)c1ccsc1)C(=O)O. The van der Waals surface area contributed by atoms with E-state index in [-0.39, 0.29) is 17.7 Å². The summed E-state index contributed by atoms with van der Waals surface area (Å²) in [6.07, 6.45) is 0.712. The lowest BCUT2D eigenvalue weighted by molar-refractivity contribution is -0.143. The van der Waals surface area contributed by atoms with Crippen molar-refractivity contribution in [3.05, 3.63) is 22.4 Å². The fourth-order valence-electron chi connectivity index (χ4n) is 1.63. The molecule has 0 aliphatic carbocycles. The minimum Gasteiger partial charge on any atom is -0.480 e. The number of hydrogen-bond acceptors (Lipinski definition) is 3. The summed E-state index contributed by atoms with van der Waals surface area (Å²) < 4.78 is 0. The summed E-state index contributed by atoms with van der Waals surface area (Å²) in [6.45, 7) is 5.52. The van der Waals surface area contributed by atoms with E-state index in [1.54, 1.807) is 6.92 Å². The third kappa shape index (κ3) is 3.57. The number of carbonyl (C=O) groups is 2. The van der Waals surface area contributed by atoms with E-state index in [1.807, 2.05) is 30.7 Å². The Morgan fingerprint density at radius 3 is 2.56 bits per heavy atom. The summed E-state index contributed by atoms with van der Waals surface area (Å²) >= 11 is 1.52. The molecule has 0 fully saturated rings. The molecule has 0 aliphatic rings. The van der Waals surface area contributed by atoms with Crippen LogP contribution in [0.2, 0.25) is 0 Å². The molecule has 4 nitrogen and oxygen atoms in total. The Kier molecular flexibility index (Phi) is 5.34. The first kappa shape index (κ1) is 14.7. The van der Waals surface area contributed by atoms with Crippen molar-refractivity contribution in [2.24, 2.45) is 5.92 Å². The fourth-order valence-corrected chi connectivity index (χ4v) is 2.39. The van der Waals surface area contributed by atoms with Crippen LogP contribution in [0.3, 0.4) is 0 Å². The summed E-state index contributed by atoms with van der Waals surface area (Å²) in [7, 11) is 0. The molecular formula is C13H19NO3S. The standard InChI is InChI=1S/C13H19NO3S/c1-4-8(2)11(13(16)17)14-12(15)9(3)10-5-6-18-7-10/h5-9,11H,4H2,1-3H3,(H,14,15)(H,16,17)/t8-,9-,11-/m0/s1. The normalized spacial score (nSPS) is 15.7. The molecule has 1 heterocycles. The van der Waals surface area contributed by atoms with Crippen LogP contribution in [0.4, 0.5) is 0 Å². The highest BCUT2D eigenvalue weighted by Crippen LogP contribution is 2.19. The van der Waals surface area contributed by atoms with Crippen molar-refractivity contribution in [2.45, 2.75) is 39.2 Å². The van der Waals surface area contributed by atoms with Gasteiger partial charge in [0.2, 0.25) is 5.91 Å². The van der Waals surface area contributed by atoms with Crippen LogP contribution in [0, 0.1) is 5.92 Å². The number of rotatable bonds is 6. The van der Waals surface area contributed by atoms with Crippen molar-refractivity contribution in [2.75, 3.05) is 0 Å². The van der Waals surface area contributed by atoms with Gasteiger partial charge in [0.25, 0.3) is 0 Å². The van der Waals surface area contributed by atoms with Crippen molar-refractivity contribution in [1.29, 1.82) is 0 Å². The van der Waals surface area contributed by atoms with Crippen LogP contribution in [0.1, 0.15) is 38.7 Å². The molecule has 0 unspecified atom stereocenters. The van der Waals surface area contributed by atoms with Crippen LogP contribution in [0.5, 0.6) is 0 Å². The summed E-state index contributed by atoms with van der Waals surface area (Å²) in [6, 6.07) is 1.07. The zero-order valence-corrected chi connectivity index (χ0v) is 11.7. The van der Waals surface area contributed by atoms with Gasteiger partial charge in [-0.25, -0.2) is 4.79 Å². The molecule has 1 aromatic heterocycles. The highest BCUT2D eigenvalue weighted by molar-refractivity contribution is 7.08. The highest BCUT2D eigenvalue weighted by atomic mass is 32.1. The summed E-state index contributed by atoms with van der Waals surface area (Å²) in [5.74, 6) is -1.61. The van der Waals surface area contributed by atoms with Gasteiger partial charge in [-0.05, 0) is 35.2 Å². The quantitative estimate of drug-likeness (QED) is 0.833. The van der Waals surface area contributed by atoms with Gasteiger partial charge in [0.15, 0.2) is 0 Å². The predicted molar refractivity (Wildman–Crippen MR) is 71.8 cm³/mol. The van der Waals surface area contributed by atoms with Crippen LogP contribution < -0.4 is 5.32 Å². The third-order valence-electron chi connectivity index (χ3n) is 3.21. The third-order valence-corrected chi connectivity index (χ3v) is 3.91. The number of amides is 1. The predicted octanol–water partition coefficient (Wildman–Crippen LogP) is 2.47. The first-order valence-corrected chi connectivity index (χ1v) is 6.96. The molecular weight excluding hydrogens is 250 g/mol. The van der Waals surface area contributed by atoms with Gasteiger partial charge in [0, 0.05) is 0 Å². The Hall–Kier alpha value is -1.36. The Morgan fingerprint density at radius 2 is 2.11 bits per heavy atom. The number of carboxylic acid groups (broad SMARTS) is 1. The zero-order valence-electron chi connectivity index (χ0n) is 10.8. The molecule has 18 heavy (non-hydrogen) atoms. The molecule has 0 radical (unpaired) electrons. The first-order valence-electron chi connectivity index (χ1n) is 6.02. The monoisotopic (exact) mass is 269 g/mol. The average Bonchev–Trinajstić information content (AvgIpc) is 2.87. The zero-order chi connectivity index (χ0) is 13.7. The van der Waals surface area contributed by atoms with Crippen molar-refractivity contribution in [1.82, 2.24) is 5.32 Å². The Morgan fingerprint density at radius 1 is 1.44 bits per heavy atom. The van der Waals surface area contributed by atoms with Crippen molar-refractivity contribution < 1.29 is 14.7 Å². The first-order chi connectivity index (χ1) is 8.47. The van der Waals surface area contributed by atoms with E-state index in [0.717, 1.165) is 5.56 Å². The van der Waals surface area contributed by atoms with E-state index in [0.29, 0.717) is 6.42 Å². The largest absolute Gasteiger partial charge is 0.480 e. The van der Waals surface area contributed by atoms with E-state index in [2.05, 4.69) is 5.32 Å². The van der Waals surface area contributed by atoms with Gasteiger partial charge < -0.3 is 10.4 Å². The van der Waals surface area contributed by atoms with Crippen molar-refractivity contribution in [3.63, 3.8) is 0 Å². The summed E-state index contributed by atoms with van der Waals surface area (Å²) in [5, 5.41) is 15.6.